The van der Waals surface area contributed by atoms with Crippen LogP contribution in [0.25, 0.3) is 0 Å². The van der Waals surface area contributed by atoms with Crippen molar-refractivity contribution in [3.05, 3.63) is 65.7 Å². The fourth-order valence-corrected chi connectivity index (χ4v) is 3.04. The molecule has 0 spiro atoms. The fourth-order valence-electron chi connectivity index (χ4n) is 3.04. The molecule has 1 aliphatic heterocycles. The number of aliphatic hydroxyl groups is 1. The molecule has 3 rings (SSSR count). The Kier molecular flexibility index (Phi) is 5.17. The lowest BCUT2D eigenvalue weighted by molar-refractivity contribution is 0.0920. The van der Waals surface area contributed by atoms with Crippen molar-refractivity contribution in [2.24, 2.45) is 5.92 Å². The minimum atomic E-state index is -0.255. The van der Waals surface area contributed by atoms with Crippen LogP contribution in [-0.4, -0.2) is 46.6 Å². The van der Waals surface area contributed by atoms with Gasteiger partial charge in [0.2, 0.25) is 0 Å². The van der Waals surface area contributed by atoms with E-state index in [1.807, 2.05) is 0 Å². The number of carbonyl (C=O) groups is 1. The number of amides is 1. The van der Waals surface area contributed by atoms with Crippen LogP contribution in [0.4, 0.5) is 4.39 Å². The zero-order valence-corrected chi connectivity index (χ0v) is 13.2. The predicted molar refractivity (Wildman–Crippen MR) is 87.7 cm³/mol. The summed E-state index contributed by atoms with van der Waals surface area (Å²) < 4.78 is 13.0. The van der Waals surface area contributed by atoms with Gasteiger partial charge in [0.15, 0.2) is 0 Å². The molecule has 126 valence electrons. The van der Waals surface area contributed by atoms with E-state index in [0.717, 1.165) is 5.56 Å². The van der Waals surface area contributed by atoms with E-state index in [2.05, 4.69) is 15.2 Å². The van der Waals surface area contributed by atoms with E-state index in [1.165, 1.54) is 18.3 Å². The van der Waals surface area contributed by atoms with Gasteiger partial charge in [0.25, 0.3) is 5.91 Å². The smallest absolute Gasteiger partial charge is 0.253 e. The Labute approximate surface area is 140 Å². The van der Waals surface area contributed by atoms with Gasteiger partial charge in [-0.25, -0.2) is 4.39 Å². The summed E-state index contributed by atoms with van der Waals surface area (Å²) in [6.07, 6.45) is 3.14. The molecular weight excluding hydrogens is 309 g/mol. The molecule has 1 aliphatic rings. The molecule has 1 fully saturated rings. The minimum Gasteiger partial charge on any atom is -0.396 e. The van der Waals surface area contributed by atoms with Crippen molar-refractivity contribution in [1.29, 1.82) is 0 Å². The van der Waals surface area contributed by atoms with Gasteiger partial charge in [-0.3, -0.25) is 14.7 Å². The number of hydrogen-bond donors (Lipinski definition) is 2. The maximum Gasteiger partial charge on any atom is 0.253 e. The molecule has 2 unspecified atom stereocenters. The van der Waals surface area contributed by atoms with Crippen LogP contribution in [0.3, 0.4) is 0 Å². The molecule has 2 aromatic rings. The first kappa shape index (κ1) is 16.5. The van der Waals surface area contributed by atoms with Crippen molar-refractivity contribution < 1.29 is 14.3 Å². The van der Waals surface area contributed by atoms with Gasteiger partial charge in [0.1, 0.15) is 5.82 Å². The van der Waals surface area contributed by atoms with Crippen molar-refractivity contribution in [2.75, 3.05) is 19.7 Å². The molecule has 0 aliphatic carbocycles. The largest absolute Gasteiger partial charge is 0.396 e. The van der Waals surface area contributed by atoms with Gasteiger partial charge < -0.3 is 10.4 Å². The Bertz CT molecular complexity index is 678. The number of aromatic nitrogens is 1. The first-order valence-corrected chi connectivity index (χ1v) is 7.94. The first-order valence-electron chi connectivity index (χ1n) is 7.94. The van der Waals surface area contributed by atoms with Crippen LogP contribution in [0.15, 0.2) is 48.8 Å². The number of benzene rings is 1. The van der Waals surface area contributed by atoms with E-state index in [0.29, 0.717) is 25.2 Å². The Balaban J connectivity index is 1.62. The van der Waals surface area contributed by atoms with E-state index >= 15 is 0 Å². The third kappa shape index (κ3) is 3.96. The number of pyridine rings is 1. The molecule has 2 heterocycles. The molecule has 24 heavy (non-hydrogen) atoms. The van der Waals surface area contributed by atoms with Crippen LogP contribution in [0.5, 0.6) is 0 Å². The van der Waals surface area contributed by atoms with E-state index in [1.54, 1.807) is 30.5 Å². The molecule has 1 saturated heterocycles. The Morgan fingerprint density at radius 2 is 2.08 bits per heavy atom. The quantitative estimate of drug-likeness (QED) is 0.871. The molecule has 5 nitrogen and oxygen atoms in total. The molecule has 6 heteroatoms. The number of carbonyl (C=O) groups excluding carboxylic acids is 1. The van der Waals surface area contributed by atoms with Gasteiger partial charge in [-0.05, 0) is 29.8 Å². The molecule has 0 radical (unpaired) electrons. The highest BCUT2D eigenvalue weighted by Gasteiger charge is 2.33. The molecule has 1 aromatic heterocycles. The average Bonchev–Trinajstić information content (AvgIpc) is 2.99. The van der Waals surface area contributed by atoms with E-state index < -0.39 is 0 Å². The number of hydrogen-bond acceptors (Lipinski definition) is 4. The van der Waals surface area contributed by atoms with Gasteiger partial charge in [-0.2, -0.15) is 0 Å². The molecule has 1 amide bonds. The second-order valence-corrected chi connectivity index (χ2v) is 6.08. The Morgan fingerprint density at radius 1 is 1.29 bits per heavy atom. The zero-order chi connectivity index (χ0) is 16.9. The predicted octanol–water partition coefficient (Wildman–Crippen LogP) is 1.44. The number of rotatable bonds is 5. The SMILES string of the molecule is O=C(NC1CN(Cc2ccc(F)cc2)CC1CO)c1cccnc1. The van der Waals surface area contributed by atoms with Gasteiger partial charge in [0, 0.05) is 50.6 Å². The summed E-state index contributed by atoms with van der Waals surface area (Å²) in [5.74, 6) is -0.462. The molecule has 0 bridgehead atoms. The van der Waals surface area contributed by atoms with E-state index in [9.17, 15) is 14.3 Å². The summed E-state index contributed by atoms with van der Waals surface area (Å²) in [5, 5.41) is 12.6. The number of nitrogens with zero attached hydrogens (tertiary/aromatic N) is 2. The second kappa shape index (κ2) is 7.51. The van der Waals surface area contributed by atoms with Crippen molar-refractivity contribution in [3.63, 3.8) is 0 Å². The van der Waals surface area contributed by atoms with Crippen LogP contribution >= 0.6 is 0 Å². The lowest BCUT2D eigenvalue weighted by Crippen LogP contribution is -2.41. The van der Waals surface area contributed by atoms with Crippen molar-refractivity contribution >= 4 is 5.91 Å². The van der Waals surface area contributed by atoms with Crippen LogP contribution in [0, 0.1) is 11.7 Å². The monoisotopic (exact) mass is 329 g/mol. The van der Waals surface area contributed by atoms with Gasteiger partial charge in [-0.1, -0.05) is 12.1 Å². The Hall–Kier alpha value is -2.31. The minimum absolute atomic E-state index is 0.0118. The molecule has 0 saturated carbocycles. The maximum absolute atomic E-state index is 13.0. The first-order chi connectivity index (χ1) is 11.7. The summed E-state index contributed by atoms with van der Waals surface area (Å²) in [4.78, 5) is 18.4. The van der Waals surface area contributed by atoms with Crippen LogP contribution in [-0.2, 0) is 6.54 Å². The third-order valence-electron chi connectivity index (χ3n) is 4.31. The molecular formula is C18H20FN3O2. The fraction of sp³-hybridized carbons (Fsp3) is 0.333. The molecule has 2 atom stereocenters. The second-order valence-electron chi connectivity index (χ2n) is 6.08. The summed E-state index contributed by atoms with van der Waals surface area (Å²) in [6.45, 7) is 2.01. The molecule has 1 aromatic carbocycles. The maximum atomic E-state index is 13.0. The highest BCUT2D eigenvalue weighted by atomic mass is 19.1. The molecule has 2 N–H and O–H groups in total. The number of halogens is 1. The number of likely N-dealkylation sites (tertiary alicyclic amines) is 1. The van der Waals surface area contributed by atoms with E-state index in [4.69, 9.17) is 0 Å². The van der Waals surface area contributed by atoms with E-state index in [-0.39, 0.29) is 30.3 Å². The van der Waals surface area contributed by atoms with Gasteiger partial charge >= 0.3 is 0 Å². The zero-order valence-electron chi connectivity index (χ0n) is 13.2. The summed E-state index contributed by atoms with van der Waals surface area (Å²) in [7, 11) is 0. The van der Waals surface area contributed by atoms with Crippen molar-refractivity contribution in [3.8, 4) is 0 Å². The lowest BCUT2D eigenvalue weighted by Gasteiger charge is -2.18. The van der Waals surface area contributed by atoms with Crippen LogP contribution < -0.4 is 5.32 Å². The summed E-state index contributed by atoms with van der Waals surface area (Å²) in [6, 6.07) is 9.70. The number of nitrogens with one attached hydrogen (secondary N) is 1. The highest BCUT2D eigenvalue weighted by molar-refractivity contribution is 5.94. The average molecular weight is 329 g/mol. The van der Waals surface area contributed by atoms with Crippen molar-refractivity contribution in [2.45, 2.75) is 12.6 Å². The van der Waals surface area contributed by atoms with Gasteiger partial charge in [-0.15, -0.1) is 0 Å². The normalized spacial score (nSPS) is 20.9. The standard InChI is InChI=1S/C18H20FN3O2/c19-16-5-3-13(4-6-16)9-22-10-15(12-23)17(11-22)21-18(24)14-2-1-7-20-8-14/h1-8,15,17,23H,9-12H2,(H,21,24). The third-order valence-corrected chi connectivity index (χ3v) is 4.31. The number of aliphatic hydroxyl groups excluding tert-OH is 1. The van der Waals surface area contributed by atoms with Gasteiger partial charge in [0.05, 0.1) is 5.56 Å². The summed E-state index contributed by atoms with van der Waals surface area (Å²) >= 11 is 0. The van der Waals surface area contributed by atoms with Crippen molar-refractivity contribution in [1.82, 2.24) is 15.2 Å². The summed E-state index contributed by atoms with van der Waals surface area (Å²) in [5.41, 5.74) is 1.51. The van der Waals surface area contributed by atoms with Crippen LogP contribution in [0.2, 0.25) is 0 Å². The Morgan fingerprint density at radius 3 is 2.75 bits per heavy atom. The highest BCUT2D eigenvalue weighted by Crippen LogP contribution is 2.20. The topological polar surface area (TPSA) is 65.5 Å². The van der Waals surface area contributed by atoms with Crippen LogP contribution in [0.1, 0.15) is 15.9 Å². The lowest BCUT2D eigenvalue weighted by atomic mass is 10.0.